The number of nitrogens with two attached hydrogens (primary N) is 1. The summed E-state index contributed by atoms with van der Waals surface area (Å²) < 4.78 is 2.75. The Morgan fingerprint density at radius 3 is 2.84 bits per heavy atom. The number of hydrogen-bond donors (Lipinski definition) is 3. The maximum atomic E-state index is 10.8. The first-order valence-corrected chi connectivity index (χ1v) is 11.2. The van der Waals surface area contributed by atoms with Gasteiger partial charge < -0.3 is 20.5 Å². The van der Waals surface area contributed by atoms with Gasteiger partial charge in [-0.05, 0) is 77.4 Å². The van der Waals surface area contributed by atoms with Gasteiger partial charge in [-0.15, -0.1) is 0 Å². The molecule has 2 aromatic rings. The number of rotatable bonds is 4. The van der Waals surface area contributed by atoms with Crippen LogP contribution in [0, 0.1) is 12.8 Å². The first-order valence-electron chi connectivity index (χ1n) is 10.4. The number of aryl methyl sites for hydroxylation is 2. The molecule has 7 nitrogen and oxygen atoms in total. The minimum Gasteiger partial charge on any atom is -0.390 e. The fraction of sp³-hybridized carbons (Fsp3) is 0.348. The van der Waals surface area contributed by atoms with Gasteiger partial charge in [0.15, 0.2) is 5.82 Å². The maximum absolute atomic E-state index is 10.8. The average Bonchev–Trinajstić information content (AvgIpc) is 3.35. The Balaban J connectivity index is 1.34. The van der Waals surface area contributed by atoms with Crippen LogP contribution >= 0.6 is 15.9 Å². The normalized spacial score (nSPS) is 23.7. The second-order valence-electron chi connectivity index (χ2n) is 8.42. The zero-order valence-electron chi connectivity index (χ0n) is 17.1. The van der Waals surface area contributed by atoms with E-state index in [0.717, 1.165) is 50.9 Å². The lowest BCUT2D eigenvalue weighted by Crippen LogP contribution is -2.30. The van der Waals surface area contributed by atoms with Crippen molar-refractivity contribution in [2.45, 2.75) is 44.4 Å². The van der Waals surface area contributed by atoms with E-state index in [1.54, 1.807) is 6.33 Å². The summed E-state index contributed by atoms with van der Waals surface area (Å²) in [6.07, 6.45) is 4.11. The minimum atomic E-state index is -0.840. The molecule has 0 saturated heterocycles. The Labute approximate surface area is 188 Å². The molecule has 1 saturated carbocycles. The number of aliphatic hydroxyl groups is 2. The van der Waals surface area contributed by atoms with Crippen molar-refractivity contribution >= 4 is 32.7 Å². The lowest BCUT2D eigenvalue weighted by atomic mass is 9.95. The van der Waals surface area contributed by atoms with Crippen LogP contribution in [-0.4, -0.2) is 41.9 Å². The molecule has 2 aliphatic heterocycles. The SMILES string of the molecule is Cc1ccn([C@@H]2C[C@H](CCc3ccc4cc(Br)c(N)nc4c3)[C@@H](O)[C@H]2O)c2ncnc1-2. The molecule has 1 aliphatic carbocycles. The molecule has 160 valence electrons. The molecule has 4 N–H and O–H groups in total. The summed E-state index contributed by atoms with van der Waals surface area (Å²) in [6, 6.07) is 9.89. The van der Waals surface area contributed by atoms with Gasteiger partial charge in [-0.3, -0.25) is 0 Å². The lowest BCUT2D eigenvalue weighted by molar-refractivity contribution is 0.00500. The number of nitrogen functional groups attached to an aromatic ring is 1. The van der Waals surface area contributed by atoms with Crippen LogP contribution in [0.3, 0.4) is 0 Å². The van der Waals surface area contributed by atoms with Crippen LogP contribution in [0.25, 0.3) is 22.4 Å². The Morgan fingerprint density at radius 1 is 1.16 bits per heavy atom. The van der Waals surface area contributed by atoms with E-state index in [9.17, 15) is 10.2 Å². The quantitative estimate of drug-likeness (QED) is 0.411. The molecule has 0 amide bonds. The van der Waals surface area contributed by atoms with Crippen LogP contribution in [0.5, 0.6) is 0 Å². The highest BCUT2D eigenvalue weighted by Crippen LogP contribution is 2.40. The van der Waals surface area contributed by atoms with Crippen molar-refractivity contribution in [1.29, 1.82) is 0 Å². The van der Waals surface area contributed by atoms with Gasteiger partial charge >= 0.3 is 0 Å². The summed E-state index contributed by atoms with van der Waals surface area (Å²) >= 11 is 3.41. The van der Waals surface area contributed by atoms with E-state index in [4.69, 9.17) is 5.73 Å². The smallest absolute Gasteiger partial charge is 0.161 e. The highest BCUT2D eigenvalue weighted by molar-refractivity contribution is 9.10. The second kappa shape index (κ2) is 7.85. The molecule has 31 heavy (non-hydrogen) atoms. The first-order chi connectivity index (χ1) is 14.9. The monoisotopic (exact) mass is 481 g/mol. The van der Waals surface area contributed by atoms with Gasteiger partial charge in [0, 0.05) is 11.6 Å². The number of nitrogens with zero attached hydrogens (tertiary/aromatic N) is 4. The molecule has 1 aromatic heterocycles. The maximum Gasteiger partial charge on any atom is 0.161 e. The molecular formula is C23H24BrN5O2. The van der Waals surface area contributed by atoms with E-state index in [2.05, 4.69) is 36.9 Å². The summed E-state index contributed by atoms with van der Waals surface area (Å²) in [5.41, 5.74) is 9.80. The number of anilines is 1. The van der Waals surface area contributed by atoms with Gasteiger partial charge in [-0.25, -0.2) is 15.0 Å². The van der Waals surface area contributed by atoms with Crippen molar-refractivity contribution in [2.24, 2.45) is 5.92 Å². The number of aliphatic hydroxyl groups excluding tert-OH is 2. The van der Waals surface area contributed by atoms with E-state index in [1.807, 2.05) is 42.0 Å². The van der Waals surface area contributed by atoms with Crippen molar-refractivity contribution in [3.63, 3.8) is 0 Å². The van der Waals surface area contributed by atoms with E-state index in [1.165, 1.54) is 0 Å². The van der Waals surface area contributed by atoms with Gasteiger partial charge in [0.1, 0.15) is 23.9 Å². The zero-order valence-corrected chi connectivity index (χ0v) is 18.7. The molecule has 0 radical (unpaired) electrons. The van der Waals surface area contributed by atoms with E-state index >= 15 is 0 Å². The summed E-state index contributed by atoms with van der Waals surface area (Å²) in [5, 5.41) is 22.6. The number of aromatic nitrogens is 4. The topological polar surface area (TPSA) is 110 Å². The third-order valence-electron chi connectivity index (χ3n) is 6.48. The fourth-order valence-electron chi connectivity index (χ4n) is 4.71. The van der Waals surface area contributed by atoms with Crippen LogP contribution in [0.15, 0.2) is 47.3 Å². The number of pyridine rings is 2. The van der Waals surface area contributed by atoms with Crippen molar-refractivity contribution in [3.8, 4) is 11.5 Å². The number of fused-ring (bicyclic) bond motifs is 2. The summed E-state index contributed by atoms with van der Waals surface area (Å²) in [6.45, 7) is 1.99. The minimum absolute atomic E-state index is 0.00887. The van der Waals surface area contributed by atoms with E-state index in [-0.39, 0.29) is 12.0 Å². The van der Waals surface area contributed by atoms with Gasteiger partial charge in [-0.2, -0.15) is 0 Å². The number of imidazole rings is 1. The van der Waals surface area contributed by atoms with Crippen LogP contribution in [0.2, 0.25) is 0 Å². The molecule has 5 rings (SSSR count). The molecule has 0 spiro atoms. The van der Waals surface area contributed by atoms with Crippen LogP contribution in [0.1, 0.15) is 30.0 Å². The van der Waals surface area contributed by atoms with Gasteiger partial charge in [0.2, 0.25) is 0 Å². The number of hydrogen-bond acceptors (Lipinski definition) is 6. The van der Waals surface area contributed by atoms with Gasteiger partial charge in [0.25, 0.3) is 0 Å². The van der Waals surface area contributed by atoms with Crippen molar-refractivity contribution in [3.05, 3.63) is 58.5 Å². The molecule has 4 atom stereocenters. The average molecular weight is 482 g/mol. The Morgan fingerprint density at radius 2 is 2.00 bits per heavy atom. The summed E-state index contributed by atoms with van der Waals surface area (Å²) in [5.74, 6) is 1.21. The summed E-state index contributed by atoms with van der Waals surface area (Å²) in [4.78, 5) is 13.2. The van der Waals surface area contributed by atoms with Gasteiger partial charge in [-0.1, -0.05) is 12.1 Å². The van der Waals surface area contributed by atoms with Crippen LogP contribution < -0.4 is 5.73 Å². The Kier molecular flexibility index (Phi) is 5.16. The molecule has 0 unspecified atom stereocenters. The van der Waals surface area contributed by atoms with Gasteiger partial charge in [0.05, 0.1) is 22.1 Å². The molecule has 1 aromatic carbocycles. The fourth-order valence-corrected chi connectivity index (χ4v) is 5.04. The largest absolute Gasteiger partial charge is 0.390 e. The van der Waals surface area contributed by atoms with Crippen molar-refractivity contribution in [1.82, 2.24) is 19.5 Å². The Bertz CT molecular complexity index is 1230. The number of halogens is 1. The summed E-state index contributed by atoms with van der Waals surface area (Å²) in [7, 11) is 0. The van der Waals surface area contributed by atoms with Crippen molar-refractivity contribution in [2.75, 3.05) is 5.73 Å². The number of benzene rings is 1. The molecule has 3 aliphatic rings. The molecule has 1 fully saturated rings. The third kappa shape index (κ3) is 3.58. The first kappa shape index (κ1) is 20.4. The van der Waals surface area contributed by atoms with Crippen LogP contribution in [0.4, 0.5) is 5.82 Å². The Hall–Kier alpha value is -2.55. The lowest BCUT2D eigenvalue weighted by Gasteiger charge is -2.22. The molecule has 3 heterocycles. The van der Waals surface area contributed by atoms with Crippen LogP contribution in [-0.2, 0) is 6.42 Å². The van der Waals surface area contributed by atoms with E-state index in [0.29, 0.717) is 12.2 Å². The zero-order chi connectivity index (χ0) is 21.7. The van der Waals surface area contributed by atoms with E-state index < -0.39 is 12.2 Å². The second-order valence-corrected chi connectivity index (χ2v) is 9.27. The van der Waals surface area contributed by atoms with Crippen molar-refractivity contribution < 1.29 is 10.2 Å². The third-order valence-corrected chi connectivity index (χ3v) is 7.11. The molecular weight excluding hydrogens is 458 g/mol. The standard InChI is InChI=1S/C23H24BrN5O2/c1-12-6-7-29(23-19(12)26-11-27-23)18-10-15(20(30)21(18)31)5-3-13-2-4-14-9-16(24)22(25)28-17(14)8-13/h2,4,6-9,11,15,18,20-21,30-31H,3,5,10H2,1H3,(H2,25,28)/t15-,18+,20+,21-/m0/s1. The highest BCUT2D eigenvalue weighted by atomic mass is 79.9. The highest BCUT2D eigenvalue weighted by Gasteiger charge is 2.42. The molecule has 8 heteroatoms. The predicted octanol–water partition coefficient (Wildman–Crippen LogP) is 3.50. The molecule has 0 bridgehead atoms. The predicted molar refractivity (Wildman–Crippen MR) is 123 cm³/mol.